The number of fused-ring (bicyclic) bond motifs is 1. The largest absolute Gasteiger partial charge is 0.394 e. The number of hydrogen-bond donors (Lipinski definition) is 5. The van der Waals surface area contributed by atoms with Crippen LogP contribution < -0.4 is 21.7 Å². The molecule has 10 nitrogen and oxygen atoms in total. The number of imidazole rings is 1. The fraction of sp³-hybridized carbons (Fsp3) is 0.538. The van der Waals surface area contributed by atoms with E-state index in [0.29, 0.717) is 52.3 Å². The molecule has 1 unspecified atom stereocenters. The zero-order chi connectivity index (χ0) is 26.9. The van der Waals surface area contributed by atoms with Crippen molar-refractivity contribution < 1.29 is 9.90 Å². The van der Waals surface area contributed by atoms with Crippen LogP contribution >= 0.6 is 11.6 Å². The van der Waals surface area contributed by atoms with Crippen molar-refractivity contribution in [2.24, 2.45) is 11.7 Å². The van der Waals surface area contributed by atoms with Crippen LogP contribution in [0.5, 0.6) is 0 Å². The van der Waals surface area contributed by atoms with E-state index in [2.05, 4.69) is 44.7 Å². The molecule has 0 radical (unpaired) electrons. The van der Waals surface area contributed by atoms with Gasteiger partial charge in [-0.1, -0.05) is 38.3 Å². The Kier molecular flexibility index (Phi) is 10.5. The van der Waals surface area contributed by atoms with Crippen LogP contribution in [-0.4, -0.2) is 56.3 Å². The van der Waals surface area contributed by atoms with Gasteiger partial charge < -0.3 is 31.4 Å². The van der Waals surface area contributed by atoms with E-state index < -0.39 is 0 Å². The fourth-order valence-electron chi connectivity index (χ4n) is 3.87. The Morgan fingerprint density at radius 2 is 1.89 bits per heavy atom. The van der Waals surface area contributed by atoms with Gasteiger partial charge in [0.25, 0.3) is 5.91 Å². The number of nitrogens with zero attached hydrogens (tertiary/aromatic N) is 4. The van der Waals surface area contributed by atoms with E-state index >= 15 is 0 Å². The minimum absolute atomic E-state index is 0.0435. The molecule has 3 aromatic rings. The van der Waals surface area contributed by atoms with Gasteiger partial charge in [-0.05, 0) is 57.4 Å². The second-order valence-corrected chi connectivity index (χ2v) is 10.2. The number of anilines is 3. The molecule has 0 aliphatic carbocycles. The third-order valence-corrected chi connectivity index (χ3v) is 6.50. The number of hydrogen-bond acceptors (Lipinski definition) is 8. The number of rotatable bonds is 14. The van der Waals surface area contributed by atoms with Crippen molar-refractivity contribution in [3.8, 4) is 0 Å². The number of aromatic nitrogens is 4. The lowest BCUT2D eigenvalue weighted by molar-refractivity contribution is 0.0953. The molecular formula is C26H39ClN8O2. The molecule has 6 N–H and O–H groups in total. The summed E-state index contributed by atoms with van der Waals surface area (Å²) >= 11 is 6.48. The summed E-state index contributed by atoms with van der Waals surface area (Å²) in [5.74, 6) is 0.863. The number of nitrogens with one attached hydrogen (secondary N) is 3. The Bertz CT molecular complexity index is 1180. The van der Waals surface area contributed by atoms with Crippen molar-refractivity contribution in [1.82, 2.24) is 24.8 Å². The predicted molar refractivity (Wildman–Crippen MR) is 150 cm³/mol. The summed E-state index contributed by atoms with van der Waals surface area (Å²) in [6.45, 7) is 9.39. The SMILES string of the molecule is CC(C)C(CO)Nc1nc(Nc2ccc(C(=O)NCCCCCCN)c(Cl)c2)c2ncn(C(C)C)c2n1. The number of halogens is 1. The highest BCUT2D eigenvalue weighted by Crippen LogP contribution is 2.28. The number of amides is 1. The van der Waals surface area contributed by atoms with E-state index in [4.69, 9.17) is 17.3 Å². The minimum atomic E-state index is -0.203. The molecule has 3 rings (SSSR count). The molecule has 37 heavy (non-hydrogen) atoms. The van der Waals surface area contributed by atoms with E-state index in [1.165, 1.54) is 0 Å². The summed E-state index contributed by atoms with van der Waals surface area (Å²) in [6.07, 6.45) is 5.74. The Balaban J connectivity index is 1.81. The highest BCUT2D eigenvalue weighted by molar-refractivity contribution is 6.34. The van der Waals surface area contributed by atoms with E-state index in [1.807, 2.05) is 18.4 Å². The maximum Gasteiger partial charge on any atom is 0.252 e. The Labute approximate surface area is 223 Å². The summed E-state index contributed by atoms with van der Waals surface area (Å²) < 4.78 is 1.97. The number of carbonyl (C=O) groups excluding carboxylic acids is 1. The van der Waals surface area contributed by atoms with Gasteiger partial charge in [0.1, 0.15) is 0 Å². The van der Waals surface area contributed by atoms with Crippen LogP contribution in [0, 0.1) is 5.92 Å². The first kappa shape index (κ1) is 28.6. The molecule has 0 bridgehead atoms. The molecule has 0 aliphatic rings. The topological polar surface area (TPSA) is 143 Å². The molecule has 1 atom stereocenters. The summed E-state index contributed by atoms with van der Waals surface area (Å²) in [6, 6.07) is 5.12. The number of nitrogens with two attached hydrogens (primary N) is 1. The van der Waals surface area contributed by atoms with Gasteiger partial charge >= 0.3 is 0 Å². The summed E-state index contributed by atoms with van der Waals surface area (Å²) in [7, 11) is 0. The highest BCUT2D eigenvalue weighted by Gasteiger charge is 2.19. The van der Waals surface area contributed by atoms with E-state index in [-0.39, 0.29) is 30.5 Å². The number of aliphatic hydroxyl groups excluding tert-OH is 1. The van der Waals surface area contributed by atoms with Crippen LogP contribution in [0.15, 0.2) is 24.5 Å². The zero-order valence-electron chi connectivity index (χ0n) is 22.1. The van der Waals surface area contributed by atoms with Crippen LogP contribution in [0.3, 0.4) is 0 Å². The zero-order valence-corrected chi connectivity index (χ0v) is 22.8. The average Bonchev–Trinajstić information content (AvgIpc) is 3.29. The Morgan fingerprint density at radius 1 is 1.14 bits per heavy atom. The van der Waals surface area contributed by atoms with Gasteiger partial charge in [0.15, 0.2) is 17.0 Å². The lowest BCUT2D eigenvalue weighted by Crippen LogP contribution is -2.30. The van der Waals surface area contributed by atoms with Gasteiger partial charge in [-0.15, -0.1) is 0 Å². The van der Waals surface area contributed by atoms with Gasteiger partial charge in [0.05, 0.1) is 29.6 Å². The molecule has 2 heterocycles. The van der Waals surface area contributed by atoms with Crippen molar-refractivity contribution >= 4 is 46.1 Å². The quantitative estimate of drug-likeness (QED) is 0.192. The average molecular weight is 531 g/mol. The first-order valence-electron chi connectivity index (χ1n) is 12.9. The molecule has 11 heteroatoms. The van der Waals surface area contributed by atoms with E-state index in [9.17, 15) is 9.90 Å². The maximum absolute atomic E-state index is 12.6. The highest BCUT2D eigenvalue weighted by atomic mass is 35.5. The smallest absolute Gasteiger partial charge is 0.252 e. The van der Waals surface area contributed by atoms with Gasteiger partial charge in [-0.3, -0.25) is 4.79 Å². The van der Waals surface area contributed by atoms with Crippen molar-refractivity contribution in [3.05, 3.63) is 35.1 Å². The standard InChI is InChI=1S/C26H39ClN8O2/c1-16(2)21(14-36)32-26-33-23(22-24(34-26)35(15-30-22)17(3)4)31-18-9-10-19(20(27)13-18)25(37)29-12-8-6-5-7-11-28/h9-10,13,15-17,21,36H,5-8,11-12,14,28H2,1-4H3,(H,29,37)(H2,31,32,33,34). The second kappa shape index (κ2) is 13.6. The van der Waals surface area contributed by atoms with Gasteiger partial charge in [-0.25, -0.2) is 4.98 Å². The van der Waals surface area contributed by atoms with E-state index in [0.717, 1.165) is 25.7 Å². The third kappa shape index (κ3) is 7.53. The van der Waals surface area contributed by atoms with E-state index in [1.54, 1.807) is 24.5 Å². The van der Waals surface area contributed by atoms with Crippen molar-refractivity contribution in [1.29, 1.82) is 0 Å². The lowest BCUT2D eigenvalue weighted by atomic mass is 10.1. The normalized spacial score (nSPS) is 12.4. The lowest BCUT2D eigenvalue weighted by Gasteiger charge is -2.20. The number of carbonyl (C=O) groups is 1. The van der Waals surface area contributed by atoms with Crippen LogP contribution in [0.25, 0.3) is 11.2 Å². The number of aliphatic hydroxyl groups is 1. The summed E-state index contributed by atoms with van der Waals surface area (Å²) in [4.78, 5) is 26.5. The molecule has 202 valence electrons. The van der Waals surface area contributed by atoms with Crippen LogP contribution in [0.2, 0.25) is 5.02 Å². The summed E-state index contributed by atoms with van der Waals surface area (Å²) in [5, 5.41) is 19.6. The van der Waals surface area contributed by atoms with Gasteiger partial charge in [-0.2, -0.15) is 9.97 Å². The molecule has 1 aromatic carbocycles. The third-order valence-electron chi connectivity index (χ3n) is 6.19. The van der Waals surface area contributed by atoms with Crippen LogP contribution in [0.4, 0.5) is 17.5 Å². The first-order valence-corrected chi connectivity index (χ1v) is 13.3. The van der Waals surface area contributed by atoms with Crippen molar-refractivity contribution in [2.75, 3.05) is 30.3 Å². The minimum Gasteiger partial charge on any atom is -0.394 e. The first-order chi connectivity index (χ1) is 17.7. The maximum atomic E-state index is 12.6. The van der Waals surface area contributed by atoms with Gasteiger partial charge in [0.2, 0.25) is 5.95 Å². The molecule has 1 amide bonds. The fourth-order valence-corrected chi connectivity index (χ4v) is 4.14. The van der Waals surface area contributed by atoms with Crippen molar-refractivity contribution in [3.63, 3.8) is 0 Å². The van der Waals surface area contributed by atoms with Crippen LogP contribution in [-0.2, 0) is 0 Å². The molecule has 0 aliphatic heterocycles. The molecule has 0 fully saturated rings. The molecular weight excluding hydrogens is 492 g/mol. The summed E-state index contributed by atoms with van der Waals surface area (Å²) in [5.41, 5.74) is 7.87. The van der Waals surface area contributed by atoms with Gasteiger partial charge in [0, 0.05) is 18.3 Å². The second-order valence-electron chi connectivity index (χ2n) is 9.77. The molecule has 0 spiro atoms. The molecule has 0 saturated carbocycles. The number of benzene rings is 1. The predicted octanol–water partition coefficient (Wildman–Crippen LogP) is 4.48. The number of unbranched alkanes of at least 4 members (excludes halogenated alkanes) is 3. The Hall–Kier alpha value is -2.95. The van der Waals surface area contributed by atoms with Crippen LogP contribution in [0.1, 0.15) is 69.8 Å². The molecule has 0 saturated heterocycles. The van der Waals surface area contributed by atoms with Crippen molar-refractivity contribution in [2.45, 2.75) is 65.5 Å². The molecule has 2 aromatic heterocycles. The Morgan fingerprint density at radius 3 is 2.54 bits per heavy atom. The monoisotopic (exact) mass is 530 g/mol.